The molecule has 1 saturated heterocycles. The van der Waals surface area contributed by atoms with Gasteiger partial charge in [-0.05, 0) is 30.2 Å². The van der Waals surface area contributed by atoms with Gasteiger partial charge in [-0.1, -0.05) is 64.0 Å². The third kappa shape index (κ3) is 4.48. The number of benzene rings is 1. The molecule has 8 heteroatoms. The number of aromatic nitrogens is 3. The molecule has 4 rings (SSSR count). The molecule has 1 fully saturated rings. The van der Waals surface area contributed by atoms with Crippen molar-refractivity contribution >= 4 is 5.91 Å². The van der Waals surface area contributed by atoms with Gasteiger partial charge in [0.15, 0.2) is 0 Å². The van der Waals surface area contributed by atoms with Crippen molar-refractivity contribution in [1.82, 2.24) is 20.0 Å². The molecule has 1 aliphatic heterocycles. The largest absolute Gasteiger partial charge is 0.380 e. The molecule has 1 aliphatic rings. The van der Waals surface area contributed by atoms with Crippen LogP contribution < -0.4 is 5.73 Å². The van der Waals surface area contributed by atoms with E-state index in [9.17, 15) is 9.90 Å². The minimum absolute atomic E-state index is 0.0882. The Hall–Kier alpha value is -3.10. The fourth-order valence-electron chi connectivity index (χ4n) is 5.23. The smallest absolute Gasteiger partial charge is 0.233 e. The van der Waals surface area contributed by atoms with E-state index in [4.69, 9.17) is 10.3 Å². The van der Waals surface area contributed by atoms with Crippen molar-refractivity contribution in [2.24, 2.45) is 11.1 Å². The Labute approximate surface area is 206 Å². The normalized spacial score (nSPS) is 17.7. The summed E-state index contributed by atoms with van der Waals surface area (Å²) >= 11 is 0. The summed E-state index contributed by atoms with van der Waals surface area (Å²) in [5.41, 5.74) is 6.36. The lowest BCUT2D eigenvalue weighted by molar-refractivity contribution is -0.127. The highest BCUT2D eigenvalue weighted by atomic mass is 16.5. The molecule has 8 nitrogen and oxygen atoms in total. The van der Waals surface area contributed by atoms with E-state index >= 15 is 0 Å². The molecule has 1 atom stereocenters. The van der Waals surface area contributed by atoms with Gasteiger partial charge in [-0.2, -0.15) is 4.98 Å². The fraction of sp³-hybridized carbons (Fsp3) is 0.481. The van der Waals surface area contributed by atoms with Crippen molar-refractivity contribution in [2.75, 3.05) is 20.1 Å². The minimum atomic E-state index is -1.27. The summed E-state index contributed by atoms with van der Waals surface area (Å²) in [5, 5.41) is 16.5. The predicted molar refractivity (Wildman–Crippen MR) is 134 cm³/mol. The van der Waals surface area contributed by atoms with Crippen molar-refractivity contribution in [2.45, 2.75) is 58.0 Å². The average Bonchev–Trinajstić information content (AvgIpc) is 3.28. The Morgan fingerprint density at radius 1 is 1.20 bits per heavy atom. The molecule has 0 saturated carbocycles. The first-order chi connectivity index (χ1) is 16.4. The highest BCUT2D eigenvalue weighted by Crippen LogP contribution is 2.50. The molecule has 3 heterocycles. The maximum atomic E-state index is 12.4. The number of primary amides is 1. The number of nitrogens with two attached hydrogens (primary N) is 1. The molecule has 0 spiro atoms. The van der Waals surface area contributed by atoms with Gasteiger partial charge in [-0.25, -0.2) is 0 Å². The monoisotopic (exact) mass is 477 g/mol. The second-order valence-electron chi connectivity index (χ2n) is 11.1. The molecule has 186 valence electrons. The third-order valence-corrected chi connectivity index (χ3v) is 7.14. The lowest BCUT2D eigenvalue weighted by Gasteiger charge is -2.55. The number of carbonyl (C=O) groups is 1. The summed E-state index contributed by atoms with van der Waals surface area (Å²) in [6, 6.07) is 10.1. The molecule has 0 bridgehead atoms. The Bertz CT molecular complexity index is 1210. The van der Waals surface area contributed by atoms with Gasteiger partial charge in [0.2, 0.25) is 17.6 Å². The van der Waals surface area contributed by atoms with Gasteiger partial charge in [0.1, 0.15) is 5.60 Å². The van der Waals surface area contributed by atoms with Crippen molar-refractivity contribution in [3.63, 3.8) is 0 Å². The summed E-state index contributed by atoms with van der Waals surface area (Å²) in [4.78, 5) is 22.6. The van der Waals surface area contributed by atoms with Gasteiger partial charge < -0.3 is 20.3 Å². The van der Waals surface area contributed by atoms with E-state index < -0.39 is 22.3 Å². The van der Waals surface area contributed by atoms with Crippen molar-refractivity contribution < 1.29 is 14.4 Å². The standard InChI is InChI=1S/C27H35N5O3/c1-17(2)18-7-9-20(10-8-18)27(34,26(5)15-32(6)16-26)21-11-19(13-29-14-21)23-30-24(35-31-23)25(3,4)12-22(28)33/h7-11,13-14,17,34H,12,15-16H2,1-6H3,(H2,28,33)/t27-/m0/s1. The first-order valence-corrected chi connectivity index (χ1v) is 12.0. The van der Waals surface area contributed by atoms with Gasteiger partial charge in [0.25, 0.3) is 0 Å². The summed E-state index contributed by atoms with van der Waals surface area (Å²) in [6.45, 7) is 11.6. The van der Waals surface area contributed by atoms with Crippen molar-refractivity contribution in [3.05, 3.63) is 65.3 Å². The molecule has 1 aromatic carbocycles. The second kappa shape index (κ2) is 8.84. The Morgan fingerprint density at radius 2 is 1.86 bits per heavy atom. The molecule has 3 N–H and O–H groups in total. The van der Waals surface area contributed by atoms with Crippen LogP contribution in [0.1, 0.15) is 69.5 Å². The topological polar surface area (TPSA) is 118 Å². The lowest BCUT2D eigenvalue weighted by Crippen LogP contribution is -2.63. The van der Waals surface area contributed by atoms with Crippen LogP contribution in [0.5, 0.6) is 0 Å². The number of amides is 1. The zero-order chi connectivity index (χ0) is 25.6. The van der Waals surface area contributed by atoms with Crippen LogP contribution in [-0.2, 0) is 15.8 Å². The van der Waals surface area contributed by atoms with Gasteiger partial charge in [0, 0.05) is 48.4 Å². The Morgan fingerprint density at radius 3 is 2.43 bits per heavy atom. The van der Waals surface area contributed by atoms with Crippen molar-refractivity contribution in [3.8, 4) is 11.4 Å². The maximum absolute atomic E-state index is 12.4. The number of aliphatic hydroxyl groups is 1. The summed E-state index contributed by atoms with van der Waals surface area (Å²) in [5.74, 6) is 0.633. The number of carbonyl (C=O) groups excluding carboxylic acids is 1. The zero-order valence-electron chi connectivity index (χ0n) is 21.4. The third-order valence-electron chi connectivity index (χ3n) is 7.14. The highest BCUT2D eigenvalue weighted by Gasteiger charge is 2.55. The fourth-order valence-corrected chi connectivity index (χ4v) is 5.23. The number of rotatable bonds is 8. The first-order valence-electron chi connectivity index (χ1n) is 12.0. The molecule has 35 heavy (non-hydrogen) atoms. The number of likely N-dealkylation sites (tertiary alicyclic amines) is 1. The highest BCUT2D eigenvalue weighted by molar-refractivity contribution is 5.75. The van der Waals surface area contributed by atoms with Gasteiger partial charge in [-0.3, -0.25) is 9.78 Å². The number of nitrogens with zero attached hydrogens (tertiary/aromatic N) is 4. The Kier molecular flexibility index (Phi) is 6.32. The van der Waals surface area contributed by atoms with Crippen LogP contribution >= 0.6 is 0 Å². The van der Waals surface area contributed by atoms with Crippen molar-refractivity contribution in [1.29, 1.82) is 0 Å². The van der Waals surface area contributed by atoms with Gasteiger partial charge in [-0.15, -0.1) is 0 Å². The van der Waals surface area contributed by atoms with Crippen LogP contribution in [0.25, 0.3) is 11.4 Å². The average molecular weight is 478 g/mol. The van der Waals surface area contributed by atoms with E-state index in [0.717, 1.165) is 18.7 Å². The first kappa shape index (κ1) is 25.0. The zero-order valence-corrected chi connectivity index (χ0v) is 21.4. The van der Waals surface area contributed by atoms with E-state index in [0.29, 0.717) is 28.8 Å². The molecule has 2 aromatic heterocycles. The molecular formula is C27H35N5O3. The van der Waals surface area contributed by atoms with E-state index in [1.807, 2.05) is 39.1 Å². The van der Waals surface area contributed by atoms with Crippen LogP contribution in [0.3, 0.4) is 0 Å². The van der Waals surface area contributed by atoms with Crippen LogP contribution in [0.15, 0.2) is 47.2 Å². The molecular weight excluding hydrogens is 442 g/mol. The maximum Gasteiger partial charge on any atom is 0.233 e. The molecule has 0 aliphatic carbocycles. The van der Waals surface area contributed by atoms with E-state index in [1.54, 1.807) is 12.4 Å². The second-order valence-corrected chi connectivity index (χ2v) is 11.1. The van der Waals surface area contributed by atoms with Crippen LogP contribution in [0.2, 0.25) is 0 Å². The molecule has 3 aromatic rings. The predicted octanol–water partition coefficient (Wildman–Crippen LogP) is 3.60. The van der Waals surface area contributed by atoms with E-state index in [2.05, 4.69) is 52.9 Å². The summed E-state index contributed by atoms with van der Waals surface area (Å²) in [6.07, 6.45) is 3.45. The lowest BCUT2D eigenvalue weighted by atomic mass is 9.62. The SMILES string of the molecule is CC(C)c1ccc([C@](O)(c2cncc(-c3noc(C(C)(C)CC(N)=O)n3)c2)C2(C)CN(C)C2)cc1. The number of pyridine rings is 1. The van der Waals surface area contributed by atoms with Crippen LogP contribution in [-0.4, -0.2) is 51.2 Å². The quantitative estimate of drug-likeness (QED) is 0.509. The minimum Gasteiger partial charge on any atom is -0.380 e. The van der Waals surface area contributed by atoms with Gasteiger partial charge >= 0.3 is 0 Å². The molecule has 1 amide bonds. The molecule has 0 unspecified atom stereocenters. The van der Waals surface area contributed by atoms with Crippen LogP contribution in [0, 0.1) is 5.41 Å². The number of hydrogen-bond donors (Lipinski definition) is 2. The Balaban J connectivity index is 1.76. The number of hydrogen-bond acceptors (Lipinski definition) is 7. The summed E-state index contributed by atoms with van der Waals surface area (Å²) < 4.78 is 5.48. The van der Waals surface area contributed by atoms with E-state index in [1.165, 1.54) is 5.56 Å². The summed E-state index contributed by atoms with van der Waals surface area (Å²) in [7, 11) is 2.05. The van der Waals surface area contributed by atoms with E-state index in [-0.39, 0.29) is 6.42 Å². The van der Waals surface area contributed by atoms with Gasteiger partial charge in [0.05, 0.1) is 5.41 Å². The molecule has 0 radical (unpaired) electrons. The van der Waals surface area contributed by atoms with Crippen LogP contribution in [0.4, 0.5) is 0 Å².